The highest BCUT2D eigenvalue weighted by molar-refractivity contribution is 9.09. The molecule has 0 amide bonds. The second-order valence-electron chi connectivity index (χ2n) is 4.84. The zero-order valence-corrected chi connectivity index (χ0v) is 14.1. The highest BCUT2D eigenvalue weighted by Gasteiger charge is 2.45. The summed E-state index contributed by atoms with van der Waals surface area (Å²) in [5.41, 5.74) is 0.936. The summed E-state index contributed by atoms with van der Waals surface area (Å²) >= 11 is 13.5. The van der Waals surface area contributed by atoms with Crippen LogP contribution in [0, 0.1) is 5.41 Å². The highest BCUT2D eigenvalue weighted by Crippen LogP contribution is 2.46. The molecule has 0 aromatic rings. The Labute approximate surface area is 124 Å². The van der Waals surface area contributed by atoms with Crippen molar-refractivity contribution in [2.24, 2.45) is 5.41 Å². The molecule has 98 valence electrons. The predicted molar refractivity (Wildman–Crippen MR) is 78.2 cm³/mol. The van der Waals surface area contributed by atoms with E-state index >= 15 is 0 Å². The van der Waals surface area contributed by atoms with Gasteiger partial charge in [0.05, 0.1) is 5.38 Å². The average Bonchev–Trinajstić information content (AvgIpc) is 2.21. The van der Waals surface area contributed by atoms with Crippen LogP contribution in [0.15, 0.2) is 11.6 Å². The number of allylic oxidation sites excluding steroid dienone is 1. The Morgan fingerprint density at radius 2 is 2.24 bits per heavy atom. The second kappa shape index (κ2) is 6.07. The molecule has 1 rings (SSSR count). The van der Waals surface area contributed by atoms with Crippen molar-refractivity contribution < 1.29 is 9.53 Å². The Kier molecular flexibility index (Phi) is 5.54. The van der Waals surface area contributed by atoms with Crippen LogP contribution in [-0.4, -0.2) is 27.6 Å². The number of esters is 1. The van der Waals surface area contributed by atoms with Crippen LogP contribution in [0.4, 0.5) is 0 Å². The Balaban J connectivity index is 3.00. The molecule has 0 N–H and O–H groups in total. The van der Waals surface area contributed by atoms with Gasteiger partial charge < -0.3 is 4.74 Å². The third-order valence-corrected chi connectivity index (χ3v) is 5.86. The highest BCUT2D eigenvalue weighted by atomic mass is 79.9. The molecule has 1 aliphatic carbocycles. The van der Waals surface area contributed by atoms with E-state index in [9.17, 15) is 4.79 Å². The lowest BCUT2D eigenvalue weighted by Gasteiger charge is -2.44. The quantitative estimate of drug-likeness (QED) is 0.405. The molecule has 3 atom stereocenters. The Morgan fingerprint density at radius 3 is 2.71 bits per heavy atom. The minimum atomic E-state index is -0.265. The SMILES string of the molecule is CC(=O)O[C@H]1C[C@@H](Br)C(C)(C)[C@@H](Cl)/C1=C\CBr. The maximum atomic E-state index is 11.1. The fraction of sp³-hybridized carbons (Fsp3) is 0.750. The number of hydrogen-bond donors (Lipinski definition) is 0. The van der Waals surface area contributed by atoms with E-state index in [1.165, 1.54) is 6.92 Å². The first-order valence-corrected chi connectivity index (χ1v) is 7.99. The van der Waals surface area contributed by atoms with Crippen molar-refractivity contribution in [2.45, 2.75) is 43.5 Å². The van der Waals surface area contributed by atoms with Crippen LogP contribution in [0.5, 0.6) is 0 Å². The van der Waals surface area contributed by atoms with Crippen molar-refractivity contribution in [1.29, 1.82) is 0 Å². The minimum absolute atomic E-state index is 0.0633. The van der Waals surface area contributed by atoms with Gasteiger partial charge in [0, 0.05) is 23.5 Å². The van der Waals surface area contributed by atoms with E-state index in [0.717, 1.165) is 12.0 Å². The summed E-state index contributed by atoms with van der Waals surface area (Å²) in [5, 5.41) is 0.578. The van der Waals surface area contributed by atoms with E-state index in [1.807, 2.05) is 6.08 Å². The summed E-state index contributed by atoms with van der Waals surface area (Å²) in [6.07, 6.45) is 2.55. The number of carbonyl (C=O) groups is 1. The van der Waals surface area contributed by atoms with Gasteiger partial charge in [-0.2, -0.15) is 0 Å². The van der Waals surface area contributed by atoms with Gasteiger partial charge in [-0.1, -0.05) is 51.8 Å². The molecule has 17 heavy (non-hydrogen) atoms. The van der Waals surface area contributed by atoms with Crippen LogP contribution in [0.2, 0.25) is 0 Å². The molecule has 0 heterocycles. The van der Waals surface area contributed by atoms with Crippen LogP contribution in [0.3, 0.4) is 0 Å². The van der Waals surface area contributed by atoms with E-state index in [0.29, 0.717) is 5.33 Å². The standard InChI is InChI=1S/C12H17Br2ClO2/c1-7(16)17-9-6-10(14)12(2,3)11(15)8(9)4-5-13/h4,9-11H,5-6H2,1-3H3/b8-4-/t9-,10+,11-/m0/s1. The number of rotatable bonds is 2. The van der Waals surface area contributed by atoms with Crippen molar-refractivity contribution in [2.75, 3.05) is 5.33 Å². The van der Waals surface area contributed by atoms with Gasteiger partial charge in [0.15, 0.2) is 0 Å². The molecule has 2 nitrogen and oxygen atoms in total. The third-order valence-electron chi connectivity index (χ3n) is 3.17. The summed E-state index contributed by atoms with van der Waals surface area (Å²) in [7, 11) is 0. The molecular weight excluding hydrogens is 371 g/mol. The smallest absolute Gasteiger partial charge is 0.303 e. The number of carbonyl (C=O) groups excluding carboxylic acids is 1. The molecule has 0 saturated heterocycles. The summed E-state index contributed by atoms with van der Waals surface area (Å²) in [6, 6.07) is 0. The first-order chi connectivity index (χ1) is 7.80. The van der Waals surface area contributed by atoms with Crippen molar-refractivity contribution >= 4 is 49.4 Å². The molecule has 5 heteroatoms. The molecule has 0 unspecified atom stereocenters. The number of halogens is 3. The molecular formula is C12H17Br2ClO2. The zero-order chi connectivity index (χ0) is 13.2. The Morgan fingerprint density at radius 1 is 1.65 bits per heavy atom. The monoisotopic (exact) mass is 386 g/mol. The summed E-state index contributed by atoms with van der Waals surface area (Å²) in [5.74, 6) is -0.265. The van der Waals surface area contributed by atoms with Gasteiger partial charge >= 0.3 is 5.97 Å². The van der Waals surface area contributed by atoms with E-state index in [-0.39, 0.29) is 27.7 Å². The number of alkyl halides is 3. The van der Waals surface area contributed by atoms with Crippen LogP contribution in [0.25, 0.3) is 0 Å². The van der Waals surface area contributed by atoms with Crippen LogP contribution >= 0.6 is 43.5 Å². The maximum Gasteiger partial charge on any atom is 0.303 e. The van der Waals surface area contributed by atoms with E-state index in [2.05, 4.69) is 45.7 Å². The first-order valence-electron chi connectivity index (χ1n) is 5.52. The Bertz CT molecular complexity index is 328. The fourth-order valence-electron chi connectivity index (χ4n) is 2.02. The van der Waals surface area contributed by atoms with Gasteiger partial charge in [0.1, 0.15) is 6.10 Å². The molecule has 0 aliphatic heterocycles. The van der Waals surface area contributed by atoms with Gasteiger partial charge in [-0.15, -0.1) is 11.6 Å². The maximum absolute atomic E-state index is 11.1. The largest absolute Gasteiger partial charge is 0.458 e. The molecule has 1 aliphatic rings. The van der Waals surface area contributed by atoms with Gasteiger partial charge in [0.2, 0.25) is 0 Å². The van der Waals surface area contributed by atoms with Gasteiger partial charge in [-0.05, 0) is 11.0 Å². The molecule has 0 bridgehead atoms. The molecule has 0 spiro atoms. The second-order valence-corrected chi connectivity index (χ2v) is 7.03. The summed E-state index contributed by atoms with van der Waals surface area (Å²) in [4.78, 5) is 11.3. The lowest BCUT2D eigenvalue weighted by molar-refractivity contribution is -0.145. The fourth-order valence-corrected chi connectivity index (χ4v) is 3.53. The molecule has 1 saturated carbocycles. The molecule has 1 fully saturated rings. The lowest BCUT2D eigenvalue weighted by atomic mass is 9.73. The van der Waals surface area contributed by atoms with E-state index < -0.39 is 0 Å². The first kappa shape index (κ1) is 15.5. The molecule has 0 aromatic heterocycles. The van der Waals surface area contributed by atoms with Crippen molar-refractivity contribution in [3.8, 4) is 0 Å². The third kappa shape index (κ3) is 3.48. The number of ether oxygens (including phenoxy) is 1. The van der Waals surface area contributed by atoms with Crippen molar-refractivity contribution in [1.82, 2.24) is 0 Å². The van der Waals surface area contributed by atoms with Gasteiger partial charge in [-0.3, -0.25) is 4.79 Å². The topological polar surface area (TPSA) is 26.3 Å². The molecule has 0 aromatic carbocycles. The van der Waals surface area contributed by atoms with Crippen LogP contribution in [0.1, 0.15) is 27.2 Å². The number of hydrogen-bond acceptors (Lipinski definition) is 2. The zero-order valence-electron chi connectivity index (χ0n) is 10.2. The van der Waals surface area contributed by atoms with Gasteiger partial charge in [0.25, 0.3) is 0 Å². The van der Waals surface area contributed by atoms with Crippen molar-refractivity contribution in [3.05, 3.63) is 11.6 Å². The summed E-state index contributed by atoms with van der Waals surface area (Å²) in [6.45, 7) is 5.67. The molecule has 0 radical (unpaired) electrons. The minimum Gasteiger partial charge on any atom is -0.458 e. The van der Waals surface area contributed by atoms with Crippen LogP contribution < -0.4 is 0 Å². The van der Waals surface area contributed by atoms with Gasteiger partial charge in [-0.25, -0.2) is 0 Å². The average molecular weight is 389 g/mol. The van der Waals surface area contributed by atoms with Crippen LogP contribution in [-0.2, 0) is 9.53 Å². The van der Waals surface area contributed by atoms with E-state index in [1.54, 1.807) is 0 Å². The summed E-state index contributed by atoms with van der Waals surface area (Å²) < 4.78 is 5.35. The van der Waals surface area contributed by atoms with Crippen molar-refractivity contribution in [3.63, 3.8) is 0 Å². The normalized spacial score (nSPS) is 34.7. The predicted octanol–water partition coefficient (Wildman–Crippen LogP) is 4.04. The Hall–Kier alpha value is 0.460. The van der Waals surface area contributed by atoms with E-state index in [4.69, 9.17) is 16.3 Å². The lowest BCUT2D eigenvalue weighted by Crippen LogP contribution is -2.46.